The molecule has 1 N–H and O–H groups in total. The quantitative estimate of drug-likeness (QED) is 0.567. The maximum Gasteiger partial charge on any atom is 0.255 e. The van der Waals surface area contributed by atoms with Crippen LogP contribution in [0, 0.1) is 23.3 Å². The Kier molecular flexibility index (Phi) is 5.32. The van der Waals surface area contributed by atoms with Gasteiger partial charge in [0.05, 0.1) is 0 Å². The molecule has 132 valence electrons. The van der Waals surface area contributed by atoms with E-state index >= 15 is 0 Å². The number of carbonyl (C=O) groups is 1. The van der Waals surface area contributed by atoms with E-state index in [1.165, 1.54) is 30.0 Å². The number of anilines is 1. The van der Waals surface area contributed by atoms with Crippen molar-refractivity contribution >= 4 is 23.4 Å². The van der Waals surface area contributed by atoms with Gasteiger partial charge in [-0.05, 0) is 31.0 Å². The van der Waals surface area contributed by atoms with Crippen LogP contribution >= 0.6 is 11.8 Å². The van der Waals surface area contributed by atoms with Crippen molar-refractivity contribution in [1.29, 1.82) is 0 Å². The molecule has 2 aromatic rings. The molecule has 0 aromatic heterocycles. The Balaban J connectivity index is 1.77. The summed E-state index contributed by atoms with van der Waals surface area (Å²) in [6.07, 6.45) is 4.24. The van der Waals surface area contributed by atoms with Gasteiger partial charge in [0.2, 0.25) is 0 Å². The molecular weight excluding hydrogens is 354 g/mol. The molecule has 1 amide bonds. The molecule has 1 saturated carbocycles. The van der Waals surface area contributed by atoms with Crippen LogP contribution in [-0.4, -0.2) is 11.2 Å². The fourth-order valence-electron chi connectivity index (χ4n) is 2.75. The van der Waals surface area contributed by atoms with Crippen LogP contribution in [0.4, 0.5) is 23.2 Å². The van der Waals surface area contributed by atoms with Gasteiger partial charge in [-0.1, -0.05) is 12.8 Å². The number of hydrogen-bond donors (Lipinski definition) is 1. The van der Waals surface area contributed by atoms with Crippen LogP contribution in [0.15, 0.2) is 35.2 Å². The third-order valence-corrected chi connectivity index (χ3v) is 5.40. The van der Waals surface area contributed by atoms with Gasteiger partial charge in [0.1, 0.15) is 5.82 Å². The molecule has 7 heteroatoms. The molecule has 0 unspecified atom stereocenters. The highest BCUT2D eigenvalue weighted by molar-refractivity contribution is 8.00. The Morgan fingerprint density at radius 3 is 2.24 bits per heavy atom. The molecule has 0 aliphatic heterocycles. The van der Waals surface area contributed by atoms with Gasteiger partial charge in [-0.15, -0.1) is 11.8 Å². The van der Waals surface area contributed by atoms with Crippen molar-refractivity contribution in [2.75, 3.05) is 5.32 Å². The number of carbonyl (C=O) groups excluding carboxylic acids is 1. The summed E-state index contributed by atoms with van der Waals surface area (Å²) in [5, 5.41) is 2.62. The lowest BCUT2D eigenvalue weighted by Gasteiger charge is -2.11. The second-order valence-corrected chi connectivity index (χ2v) is 7.22. The summed E-state index contributed by atoms with van der Waals surface area (Å²) in [7, 11) is 0. The van der Waals surface area contributed by atoms with Crippen molar-refractivity contribution in [1.82, 2.24) is 0 Å². The Labute approximate surface area is 146 Å². The van der Waals surface area contributed by atoms with Crippen molar-refractivity contribution in [2.45, 2.75) is 35.8 Å². The molecule has 0 bridgehead atoms. The molecule has 2 nitrogen and oxygen atoms in total. The van der Waals surface area contributed by atoms with Crippen molar-refractivity contribution < 1.29 is 22.4 Å². The normalized spacial score (nSPS) is 14.7. The van der Waals surface area contributed by atoms with Crippen LogP contribution < -0.4 is 5.32 Å². The Morgan fingerprint density at radius 2 is 1.60 bits per heavy atom. The third kappa shape index (κ3) is 4.15. The van der Waals surface area contributed by atoms with E-state index in [0.717, 1.165) is 25.7 Å². The van der Waals surface area contributed by atoms with Gasteiger partial charge in [0.15, 0.2) is 17.5 Å². The van der Waals surface area contributed by atoms with Gasteiger partial charge in [0.25, 0.3) is 5.91 Å². The predicted octanol–water partition coefficient (Wildman–Crippen LogP) is 5.53. The summed E-state index contributed by atoms with van der Waals surface area (Å²) in [5.74, 6) is -5.46. The zero-order chi connectivity index (χ0) is 18.0. The average Bonchev–Trinajstić information content (AvgIpc) is 3.07. The molecule has 1 aliphatic rings. The second kappa shape index (κ2) is 7.47. The van der Waals surface area contributed by atoms with E-state index in [9.17, 15) is 22.4 Å². The number of nitrogens with one attached hydrogen (secondary N) is 1. The zero-order valence-electron chi connectivity index (χ0n) is 13.1. The lowest BCUT2D eigenvalue weighted by molar-refractivity contribution is 0.102. The minimum Gasteiger partial charge on any atom is -0.322 e. The monoisotopic (exact) mass is 369 g/mol. The topological polar surface area (TPSA) is 29.1 Å². The van der Waals surface area contributed by atoms with Crippen molar-refractivity contribution in [3.8, 4) is 0 Å². The van der Waals surface area contributed by atoms with E-state index in [0.29, 0.717) is 22.3 Å². The first kappa shape index (κ1) is 17.8. The maximum absolute atomic E-state index is 14.0. The first-order valence-electron chi connectivity index (χ1n) is 7.86. The smallest absolute Gasteiger partial charge is 0.255 e. The summed E-state index contributed by atoms with van der Waals surface area (Å²) in [6, 6.07) is 5.28. The van der Waals surface area contributed by atoms with E-state index in [2.05, 4.69) is 5.32 Å². The largest absolute Gasteiger partial charge is 0.322 e. The molecule has 0 saturated heterocycles. The number of thioether (sulfide) groups is 1. The van der Waals surface area contributed by atoms with Gasteiger partial charge >= 0.3 is 0 Å². The number of amides is 1. The van der Waals surface area contributed by atoms with E-state index in [1.54, 1.807) is 0 Å². The highest BCUT2D eigenvalue weighted by Gasteiger charge is 2.19. The fraction of sp³-hybridized carbons (Fsp3) is 0.278. The van der Waals surface area contributed by atoms with Gasteiger partial charge < -0.3 is 5.32 Å². The molecule has 0 spiro atoms. The SMILES string of the molecule is O=C(Nc1cc(F)c(F)c(F)c1)c1ccc(F)c(SC2CCCC2)c1. The van der Waals surface area contributed by atoms with Gasteiger partial charge in [-0.3, -0.25) is 4.79 Å². The number of halogens is 4. The first-order chi connectivity index (χ1) is 11.9. The summed E-state index contributed by atoms with van der Waals surface area (Å²) in [5.41, 5.74) is -0.0530. The molecule has 0 radical (unpaired) electrons. The number of hydrogen-bond acceptors (Lipinski definition) is 2. The number of benzene rings is 2. The molecule has 0 atom stereocenters. The molecule has 25 heavy (non-hydrogen) atoms. The third-order valence-electron chi connectivity index (χ3n) is 4.03. The Bertz CT molecular complexity index is 783. The van der Waals surface area contributed by atoms with Gasteiger partial charge in [-0.25, -0.2) is 17.6 Å². The van der Waals surface area contributed by atoms with Crippen molar-refractivity contribution in [3.63, 3.8) is 0 Å². The van der Waals surface area contributed by atoms with E-state index < -0.39 is 29.2 Å². The molecule has 1 aliphatic carbocycles. The van der Waals surface area contributed by atoms with E-state index in [4.69, 9.17) is 0 Å². The van der Waals surface area contributed by atoms with Crippen LogP contribution in [0.3, 0.4) is 0 Å². The van der Waals surface area contributed by atoms with Crippen LogP contribution in [0.2, 0.25) is 0 Å². The average molecular weight is 369 g/mol. The summed E-state index contributed by atoms with van der Waals surface area (Å²) in [6.45, 7) is 0. The minimum absolute atomic E-state index is 0.159. The van der Waals surface area contributed by atoms with Crippen molar-refractivity contribution in [2.24, 2.45) is 0 Å². The van der Waals surface area contributed by atoms with E-state index in [1.807, 2.05) is 0 Å². The fourth-order valence-corrected chi connectivity index (χ4v) is 4.06. The maximum atomic E-state index is 14.0. The minimum atomic E-state index is -1.60. The summed E-state index contributed by atoms with van der Waals surface area (Å²) < 4.78 is 53.4. The highest BCUT2D eigenvalue weighted by atomic mass is 32.2. The van der Waals surface area contributed by atoms with E-state index in [-0.39, 0.29) is 11.3 Å². The Hall–Kier alpha value is -2.02. The second-order valence-electron chi connectivity index (χ2n) is 5.88. The van der Waals surface area contributed by atoms with Crippen LogP contribution in [0.5, 0.6) is 0 Å². The summed E-state index contributed by atoms with van der Waals surface area (Å²) in [4.78, 5) is 12.6. The summed E-state index contributed by atoms with van der Waals surface area (Å²) >= 11 is 1.40. The molecule has 1 fully saturated rings. The number of rotatable bonds is 4. The first-order valence-corrected chi connectivity index (χ1v) is 8.74. The van der Waals surface area contributed by atoms with Gasteiger partial charge in [-0.2, -0.15) is 0 Å². The van der Waals surface area contributed by atoms with Crippen LogP contribution in [0.25, 0.3) is 0 Å². The highest BCUT2D eigenvalue weighted by Crippen LogP contribution is 2.36. The van der Waals surface area contributed by atoms with Crippen LogP contribution in [0.1, 0.15) is 36.0 Å². The van der Waals surface area contributed by atoms with Crippen LogP contribution in [-0.2, 0) is 0 Å². The molecular formula is C18H15F4NOS. The predicted molar refractivity (Wildman–Crippen MR) is 88.8 cm³/mol. The molecule has 0 heterocycles. The Morgan fingerprint density at radius 1 is 0.960 bits per heavy atom. The lowest BCUT2D eigenvalue weighted by Crippen LogP contribution is -2.13. The van der Waals surface area contributed by atoms with Gasteiger partial charge in [0, 0.05) is 33.5 Å². The lowest BCUT2D eigenvalue weighted by atomic mass is 10.2. The molecule has 2 aromatic carbocycles. The molecule has 3 rings (SSSR count). The van der Waals surface area contributed by atoms with Crippen molar-refractivity contribution in [3.05, 3.63) is 59.2 Å². The standard InChI is InChI=1S/C18H15F4NOS/c19-13-6-5-10(7-16(13)25-12-3-1-2-4-12)18(24)23-11-8-14(20)17(22)15(21)9-11/h5-9,12H,1-4H2,(H,23,24). The zero-order valence-corrected chi connectivity index (χ0v) is 13.9.